The summed E-state index contributed by atoms with van der Waals surface area (Å²) in [7, 11) is 0. The molecule has 2 aliphatic heterocycles. The molecule has 6 rings (SSSR count). The summed E-state index contributed by atoms with van der Waals surface area (Å²) in [6.45, 7) is 10.3. The van der Waals surface area contributed by atoms with Crippen LogP contribution < -0.4 is 19.3 Å². The number of amides is 4. The van der Waals surface area contributed by atoms with Gasteiger partial charge in [0.15, 0.2) is 0 Å². The van der Waals surface area contributed by atoms with Crippen molar-refractivity contribution in [3.05, 3.63) is 91.9 Å². The number of carbonyl (C=O) groups excluding carboxylic acids is 4. The van der Waals surface area contributed by atoms with Crippen LogP contribution in [0, 0.1) is 11.8 Å². The van der Waals surface area contributed by atoms with Crippen LogP contribution >= 0.6 is 31.9 Å². The van der Waals surface area contributed by atoms with E-state index >= 15 is 0 Å². The molecule has 4 aromatic rings. The van der Waals surface area contributed by atoms with Crippen LogP contribution in [0.1, 0.15) is 223 Å². The van der Waals surface area contributed by atoms with Crippen molar-refractivity contribution < 1.29 is 28.7 Å². The van der Waals surface area contributed by atoms with Gasteiger partial charge in [0.05, 0.1) is 46.8 Å². The standard InChI is InChI=1S/C58H76Br2N2O6/c1-5-9-13-17-19-23-27-41(25-21-15-11-7-3)39-67-45-33-29-43(30-34-45)61-55(63)47-37-50(60)54-52-48(38-49(59)53(51(47)52)57(61)65)56(64)62(58(54)66)44-31-35-46(36-32-44)68-40-42(26-22-16-12-8-4)28-24-20-18-14-10-6-2/h29-38,41-42H,5-28,39-40H2,1-4H3. The minimum absolute atomic E-state index is 0.226. The number of imide groups is 2. The van der Waals surface area contributed by atoms with Crippen molar-refractivity contribution >= 4 is 77.6 Å². The highest BCUT2D eigenvalue weighted by Gasteiger charge is 2.43. The molecule has 0 aliphatic carbocycles. The molecule has 0 saturated carbocycles. The molecule has 10 heteroatoms. The lowest BCUT2D eigenvalue weighted by atomic mass is 9.85. The van der Waals surface area contributed by atoms with Gasteiger partial charge in [0.1, 0.15) is 11.5 Å². The van der Waals surface area contributed by atoms with Gasteiger partial charge in [-0.25, -0.2) is 9.80 Å². The van der Waals surface area contributed by atoms with E-state index in [2.05, 4.69) is 59.6 Å². The van der Waals surface area contributed by atoms with E-state index in [4.69, 9.17) is 9.47 Å². The summed E-state index contributed by atoms with van der Waals surface area (Å²) in [6.07, 6.45) is 29.8. The van der Waals surface area contributed by atoms with Crippen molar-refractivity contribution in [2.75, 3.05) is 23.0 Å². The van der Waals surface area contributed by atoms with Crippen LogP contribution in [0.3, 0.4) is 0 Å². The number of hydrogen-bond donors (Lipinski definition) is 0. The summed E-state index contributed by atoms with van der Waals surface area (Å²) in [5.74, 6) is 0.201. The highest BCUT2D eigenvalue weighted by atomic mass is 79.9. The summed E-state index contributed by atoms with van der Waals surface area (Å²) in [6, 6.07) is 17.5. The normalized spacial score (nSPS) is 14.3. The predicted molar refractivity (Wildman–Crippen MR) is 286 cm³/mol. The molecule has 0 saturated heterocycles. The lowest BCUT2D eigenvalue weighted by Crippen LogP contribution is -2.44. The van der Waals surface area contributed by atoms with Gasteiger partial charge in [0.25, 0.3) is 23.6 Å². The van der Waals surface area contributed by atoms with Crippen molar-refractivity contribution in [2.45, 2.75) is 182 Å². The fourth-order valence-corrected chi connectivity index (χ4v) is 11.2. The molecule has 0 fully saturated rings. The highest BCUT2D eigenvalue weighted by molar-refractivity contribution is 9.10. The van der Waals surface area contributed by atoms with Crippen molar-refractivity contribution in [3.8, 4) is 11.5 Å². The Morgan fingerprint density at radius 3 is 1.03 bits per heavy atom. The van der Waals surface area contributed by atoms with Gasteiger partial charge in [-0.2, -0.15) is 0 Å². The largest absolute Gasteiger partial charge is 0.493 e. The molecule has 0 radical (unpaired) electrons. The molecule has 2 heterocycles. The molecule has 368 valence electrons. The van der Waals surface area contributed by atoms with Crippen LogP contribution in [0.5, 0.6) is 11.5 Å². The van der Waals surface area contributed by atoms with E-state index in [1.54, 1.807) is 36.4 Å². The van der Waals surface area contributed by atoms with Crippen LogP contribution in [-0.2, 0) is 0 Å². The molecule has 4 amide bonds. The van der Waals surface area contributed by atoms with Crippen LogP contribution in [-0.4, -0.2) is 36.8 Å². The smallest absolute Gasteiger partial charge is 0.267 e. The van der Waals surface area contributed by atoms with Crippen molar-refractivity contribution in [1.29, 1.82) is 0 Å². The van der Waals surface area contributed by atoms with Gasteiger partial charge in [-0.15, -0.1) is 0 Å². The maximum absolute atomic E-state index is 14.5. The summed E-state index contributed by atoms with van der Waals surface area (Å²) in [5.41, 5.74) is 1.72. The van der Waals surface area contributed by atoms with Gasteiger partial charge in [0.2, 0.25) is 0 Å². The Hall–Kier alpha value is -4.02. The van der Waals surface area contributed by atoms with E-state index in [1.165, 1.54) is 138 Å². The first kappa shape index (κ1) is 53.3. The molecule has 4 aromatic carbocycles. The highest BCUT2D eigenvalue weighted by Crippen LogP contribution is 2.45. The first-order valence-electron chi connectivity index (χ1n) is 26.3. The van der Waals surface area contributed by atoms with E-state index in [0.29, 0.717) is 67.6 Å². The molecule has 0 aromatic heterocycles. The molecule has 68 heavy (non-hydrogen) atoms. The SMILES string of the molecule is CCCCCCCCC(CCCCCC)COc1ccc(N2C(=O)c3cc(Br)c4c5c(cc(Br)c(c35)C2=O)C(=O)N(c2ccc(OCC(CCCCCC)CCCCCCCC)cc2)C4=O)cc1. The fourth-order valence-electron chi connectivity index (χ4n) is 10.0. The molecule has 0 bridgehead atoms. The Labute approximate surface area is 423 Å². The van der Waals surface area contributed by atoms with Crippen molar-refractivity contribution in [1.82, 2.24) is 0 Å². The second-order valence-electron chi connectivity index (χ2n) is 19.4. The number of rotatable bonds is 32. The zero-order valence-electron chi connectivity index (χ0n) is 41.4. The number of benzene rings is 4. The average Bonchev–Trinajstić information content (AvgIpc) is 3.34. The minimum atomic E-state index is -0.540. The lowest BCUT2D eigenvalue weighted by Gasteiger charge is -2.33. The van der Waals surface area contributed by atoms with Gasteiger partial charge < -0.3 is 9.47 Å². The Kier molecular flexibility index (Phi) is 21.5. The number of unbranched alkanes of at least 4 members (excludes halogenated alkanes) is 16. The maximum Gasteiger partial charge on any atom is 0.267 e. The zero-order chi connectivity index (χ0) is 48.4. The van der Waals surface area contributed by atoms with Crippen LogP contribution in [0.2, 0.25) is 0 Å². The quantitative estimate of drug-likeness (QED) is 0.0357. The van der Waals surface area contributed by atoms with Gasteiger partial charge in [-0.3, -0.25) is 19.2 Å². The average molecular weight is 1060 g/mol. The van der Waals surface area contributed by atoms with Gasteiger partial charge in [0, 0.05) is 19.7 Å². The molecular formula is C58H76Br2N2O6. The minimum Gasteiger partial charge on any atom is -0.493 e. The molecular weight excluding hydrogens is 980 g/mol. The molecule has 2 atom stereocenters. The Bertz CT molecular complexity index is 2130. The second kappa shape index (κ2) is 27.4. The number of hydrogen-bond acceptors (Lipinski definition) is 6. The Balaban J connectivity index is 1.15. The van der Waals surface area contributed by atoms with E-state index in [0.717, 1.165) is 25.7 Å². The van der Waals surface area contributed by atoms with E-state index in [9.17, 15) is 19.2 Å². The summed E-state index contributed by atoms with van der Waals surface area (Å²) < 4.78 is 13.4. The zero-order valence-corrected chi connectivity index (χ0v) is 44.6. The molecule has 8 nitrogen and oxygen atoms in total. The van der Waals surface area contributed by atoms with Gasteiger partial charge in [-0.05, 0) is 130 Å². The summed E-state index contributed by atoms with van der Waals surface area (Å²) >= 11 is 7.23. The van der Waals surface area contributed by atoms with Gasteiger partial charge in [-0.1, -0.05) is 156 Å². The first-order chi connectivity index (χ1) is 33.1. The summed E-state index contributed by atoms with van der Waals surface area (Å²) in [4.78, 5) is 60.2. The van der Waals surface area contributed by atoms with Gasteiger partial charge >= 0.3 is 0 Å². The van der Waals surface area contributed by atoms with Crippen LogP contribution in [0.25, 0.3) is 10.8 Å². The van der Waals surface area contributed by atoms with E-state index in [-0.39, 0.29) is 22.3 Å². The second-order valence-corrected chi connectivity index (χ2v) is 21.1. The number of anilines is 2. The van der Waals surface area contributed by atoms with Crippen molar-refractivity contribution in [2.24, 2.45) is 11.8 Å². The van der Waals surface area contributed by atoms with Crippen molar-refractivity contribution in [3.63, 3.8) is 0 Å². The predicted octanol–water partition coefficient (Wildman–Crippen LogP) is 17.4. The number of ether oxygens (including phenoxy) is 2. The fraction of sp³-hybridized carbons (Fsp3) is 0.552. The number of carbonyl (C=O) groups is 4. The molecule has 2 aliphatic rings. The third kappa shape index (κ3) is 13.6. The Morgan fingerprint density at radius 2 is 0.706 bits per heavy atom. The molecule has 0 spiro atoms. The van der Waals surface area contributed by atoms with E-state index < -0.39 is 23.6 Å². The van der Waals surface area contributed by atoms with Crippen LogP contribution in [0.15, 0.2) is 69.6 Å². The monoisotopic (exact) mass is 1050 g/mol. The van der Waals surface area contributed by atoms with Crippen LogP contribution in [0.4, 0.5) is 11.4 Å². The summed E-state index contributed by atoms with van der Waals surface area (Å²) in [5, 5.41) is 0.592. The molecule has 2 unspecified atom stereocenters. The first-order valence-corrected chi connectivity index (χ1v) is 27.9. The number of halogens is 2. The Morgan fingerprint density at radius 1 is 0.412 bits per heavy atom. The third-order valence-corrected chi connectivity index (χ3v) is 15.3. The number of nitrogens with zero attached hydrogens (tertiary/aromatic N) is 2. The lowest BCUT2D eigenvalue weighted by molar-refractivity contribution is 0.0872. The van der Waals surface area contributed by atoms with E-state index in [1.807, 2.05) is 24.3 Å². The topological polar surface area (TPSA) is 93.2 Å². The molecule has 0 N–H and O–H groups in total. The maximum atomic E-state index is 14.5. The third-order valence-electron chi connectivity index (χ3n) is 14.0.